The van der Waals surface area contributed by atoms with E-state index in [2.05, 4.69) is 20.8 Å². The number of carbonyl (C=O) groups is 2. The molecule has 0 unspecified atom stereocenters. The second-order valence-corrected chi connectivity index (χ2v) is 9.77. The number of rotatable bonds is 4. The first-order chi connectivity index (χ1) is 11.6. The highest BCUT2D eigenvalue weighted by atomic mass is 16.6. The van der Waals surface area contributed by atoms with Gasteiger partial charge in [0.25, 0.3) is 0 Å². The van der Waals surface area contributed by atoms with Crippen molar-refractivity contribution in [3.05, 3.63) is 35.4 Å². The van der Waals surface area contributed by atoms with Crippen LogP contribution >= 0.6 is 0 Å². The molecule has 0 aliphatic rings. The molecule has 4 nitrogen and oxygen atoms in total. The molecule has 0 aliphatic heterocycles. The van der Waals surface area contributed by atoms with Crippen molar-refractivity contribution in [2.45, 2.75) is 85.4 Å². The summed E-state index contributed by atoms with van der Waals surface area (Å²) in [4.78, 5) is 25.2. The van der Waals surface area contributed by atoms with Gasteiger partial charge < -0.3 is 9.47 Å². The van der Waals surface area contributed by atoms with Crippen LogP contribution in [0.1, 0.15) is 73.4 Å². The van der Waals surface area contributed by atoms with Gasteiger partial charge in [-0.1, -0.05) is 45.0 Å². The van der Waals surface area contributed by atoms with Crippen molar-refractivity contribution in [2.75, 3.05) is 0 Å². The summed E-state index contributed by atoms with van der Waals surface area (Å²) in [6.07, 6.45) is 0.258. The van der Waals surface area contributed by atoms with Crippen LogP contribution in [0.3, 0.4) is 0 Å². The number of benzene rings is 1. The third kappa shape index (κ3) is 7.59. The van der Waals surface area contributed by atoms with Gasteiger partial charge in [-0.2, -0.15) is 0 Å². The Morgan fingerprint density at radius 3 is 1.46 bits per heavy atom. The third-order valence-electron chi connectivity index (χ3n) is 3.64. The Morgan fingerprint density at radius 2 is 1.15 bits per heavy atom. The van der Waals surface area contributed by atoms with Gasteiger partial charge in [0.15, 0.2) is 5.92 Å². The van der Waals surface area contributed by atoms with Gasteiger partial charge in [-0.15, -0.1) is 0 Å². The topological polar surface area (TPSA) is 52.6 Å². The predicted octanol–water partition coefficient (Wildman–Crippen LogP) is 4.83. The van der Waals surface area contributed by atoms with E-state index in [9.17, 15) is 9.59 Å². The lowest BCUT2D eigenvalue weighted by molar-refractivity contribution is -0.174. The summed E-state index contributed by atoms with van der Waals surface area (Å²) < 4.78 is 10.9. The molecule has 4 heteroatoms. The molecule has 1 aromatic rings. The molecular formula is C22H34O4. The molecule has 0 heterocycles. The highest BCUT2D eigenvalue weighted by molar-refractivity contribution is 5.95. The number of carbonyl (C=O) groups excluding carboxylic acids is 2. The number of ether oxygens (including phenoxy) is 2. The lowest BCUT2D eigenvalue weighted by Gasteiger charge is -2.26. The molecule has 0 aliphatic carbocycles. The fourth-order valence-electron chi connectivity index (χ4n) is 2.39. The predicted molar refractivity (Wildman–Crippen MR) is 104 cm³/mol. The molecule has 26 heavy (non-hydrogen) atoms. The van der Waals surface area contributed by atoms with Crippen molar-refractivity contribution in [3.63, 3.8) is 0 Å². The summed E-state index contributed by atoms with van der Waals surface area (Å²) >= 11 is 0. The fraction of sp³-hybridized carbons (Fsp3) is 0.636. The van der Waals surface area contributed by atoms with Gasteiger partial charge in [0, 0.05) is 0 Å². The van der Waals surface area contributed by atoms with Crippen molar-refractivity contribution in [1.29, 1.82) is 0 Å². The molecule has 0 spiro atoms. The third-order valence-corrected chi connectivity index (χ3v) is 3.64. The van der Waals surface area contributed by atoms with Gasteiger partial charge in [-0.25, -0.2) is 0 Å². The first-order valence-electron chi connectivity index (χ1n) is 9.14. The molecule has 0 aromatic heterocycles. The molecule has 0 fully saturated rings. The Kier molecular flexibility index (Phi) is 6.67. The Labute approximate surface area is 158 Å². The Bertz CT molecular complexity index is 594. The van der Waals surface area contributed by atoms with E-state index in [4.69, 9.17) is 9.47 Å². The second-order valence-electron chi connectivity index (χ2n) is 9.77. The molecule has 1 rings (SSSR count). The van der Waals surface area contributed by atoms with Crippen LogP contribution in [-0.4, -0.2) is 23.1 Å². The number of hydrogen-bond acceptors (Lipinski definition) is 4. The minimum absolute atomic E-state index is 0.0499. The molecular weight excluding hydrogens is 328 g/mol. The Morgan fingerprint density at radius 1 is 0.769 bits per heavy atom. The smallest absolute Gasteiger partial charge is 0.321 e. The number of hydrogen-bond donors (Lipinski definition) is 0. The minimum Gasteiger partial charge on any atom is -0.459 e. The van der Waals surface area contributed by atoms with E-state index >= 15 is 0 Å². The van der Waals surface area contributed by atoms with Gasteiger partial charge in [0.05, 0.1) is 0 Å². The van der Waals surface area contributed by atoms with E-state index in [1.807, 2.05) is 24.3 Å². The van der Waals surface area contributed by atoms with Crippen LogP contribution in [0.5, 0.6) is 0 Å². The number of esters is 2. The van der Waals surface area contributed by atoms with Gasteiger partial charge in [0.2, 0.25) is 0 Å². The van der Waals surface area contributed by atoms with Crippen molar-refractivity contribution in [2.24, 2.45) is 5.92 Å². The van der Waals surface area contributed by atoms with E-state index in [1.54, 1.807) is 41.5 Å². The summed E-state index contributed by atoms with van der Waals surface area (Å²) in [7, 11) is 0. The van der Waals surface area contributed by atoms with Crippen molar-refractivity contribution < 1.29 is 19.1 Å². The summed E-state index contributed by atoms with van der Waals surface area (Å²) in [5, 5.41) is 0. The summed E-state index contributed by atoms with van der Waals surface area (Å²) in [5.74, 6) is -2.08. The average molecular weight is 363 g/mol. The zero-order valence-corrected chi connectivity index (χ0v) is 17.7. The lowest BCUT2D eigenvalue weighted by atomic mass is 9.86. The zero-order valence-electron chi connectivity index (χ0n) is 17.7. The maximum Gasteiger partial charge on any atom is 0.321 e. The highest BCUT2D eigenvalue weighted by Gasteiger charge is 2.35. The van der Waals surface area contributed by atoms with E-state index < -0.39 is 29.1 Å². The van der Waals surface area contributed by atoms with Crippen molar-refractivity contribution in [1.82, 2.24) is 0 Å². The fourth-order valence-corrected chi connectivity index (χ4v) is 2.39. The molecule has 0 atom stereocenters. The van der Waals surface area contributed by atoms with Gasteiger partial charge in [0.1, 0.15) is 11.2 Å². The Balaban J connectivity index is 3.05. The second kappa shape index (κ2) is 7.81. The average Bonchev–Trinajstić information content (AvgIpc) is 2.40. The van der Waals surface area contributed by atoms with E-state index in [0.717, 1.165) is 5.56 Å². The van der Waals surface area contributed by atoms with Crippen molar-refractivity contribution in [3.8, 4) is 0 Å². The van der Waals surface area contributed by atoms with E-state index in [1.165, 1.54) is 5.56 Å². The van der Waals surface area contributed by atoms with E-state index in [-0.39, 0.29) is 11.8 Å². The summed E-state index contributed by atoms with van der Waals surface area (Å²) in [5.41, 5.74) is 0.835. The van der Waals surface area contributed by atoms with Crippen LogP contribution in [0, 0.1) is 5.92 Å². The Hall–Kier alpha value is -1.84. The molecule has 0 saturated carbocycles. The van der Waals surface area contributed by atoms with E-state index in [0.29, 0.717) is 0 Å². The van der Waals surface area contributed by atoms with Crippen molar-refractivity contribution >= 4 is 11.9 Å². The van der Waals surface area contributed by atoms with Gasteiger partial charge >= 0.3 is 11.9 Å². The summed E-state index contributed by atoms with van der Waals surface area (Å²) in [6, 6.07) is 8.00. The summed E-state index contributed by atoms with van der Waals surface area (Å²) in [6.45, 7) is 17.2. The maximum absolute atomic E-state index is 12.6. The molecule has 146 valence electrons. The molecule has 1 aromatic carbocycles. The zero-order chi connectivity index (χ0) is 20.3. The molecule has 0 bridgehead atoms. The van der Waals surface area contributed by atoms with Crippen LogP contribution in [0.4, 0.5) is 0 Å². The molecule has 0 N–H and O–H groups in total. The molecule has 0 amide bonds. The van der Waals surface area contributed by atoms with Crippen LogP contribution in [0.2, 0.25) is 0 Å². The standard InChI is InChI=1S/C22H34O4/c1-20(2,3)16-12-10-15(11-13-16)14-17(18(23)25-21(4,5)6)19(24)26-22(7,8)9/h10-13,17H,14H2,1-9H3. The monoisotopic (exact) mass is 362 g/mol. The SMILES string of the molecule is CC(C)(C)OC(=O)C(Cc1ccc(C(C)(C)C)cc1)C(=O)OC(C)(C)C. The first kappa shape index (κ1) is 22.2. The highest BCUT2D eigenvalue weighted by Crippen LogP contribution is 2.24. The van der Waals surface area contributed by atoms with Crippen LogP contribution in [0.15, 0.2) is 24.3 Å². The molecule has 0 radical (unpaired) electrons. The van der Waals surface area contributed by atoms with Crippen LogP contribution in [-0.2, 0) is 30.9 Å². The normalized spacial score (nSPS) is 12.8. The van der Waals surface area contributed by atoms with Crippen LogP contribution < -0.4 is 0 Å². The first-order valence-corrected chi connectivity index (χ1v) is 9.14. The quantitative estimate of drug-likeness (QED) is 0.569. The van der Waals surface area contributed by atoms with Gasteiger partial charge in [-0.05, 0) is 64.5 Å². The van der Waals surface area contributed by atoms with Gasteiger partial charge in [-0.3, -0.25) is 9.59 Å². The maximum atomic E-state index is 12.6. The molecule has 0 saturated heterocycles. The minimum atomic E-state index is -0.978. The van der Waals surface area contributed by atoms with Crippen LogP contribution in [0.25, 0.3) is 0 Å². The largest absolute Gasteiger partial charge is 0.459 e. The lowest BCUT2D eigenvalue weighted by Crippen LogP contribution is -2.38.